The molecule has 0 saturated heterocycles. The van der Waals surface area contributed by atoms with Crippen LogP contribution in [-0.2, 0) is 20.9 Å². The Hall–Kier alpha value is -5.00. The van der Waals surface area contributed by atoms with Crippen LogP contribution in [0.4, 0.5) is 0 Å². The van der Waals surface area contributed by atoms with Gasteiger partial charge in [-0.25, -0.2) is 9.78 Å². The highest BCUT2D eigenvalue weighted by Crippen LogP contribution is 2.47. The number of cyclic esters (lactones) is 1. The molecular formula is C35H43N3O9. The maximum absolute atomic E-state index is 13.6. The predicted octanol–water partition coefficient (Wildman–Crippen LogP) is 5.14. The number of amides is 1. The minimum absolute atomic E-state index is 0.0347. The van der Waals surface area contributed by atoms with Crippen molar-refractivity contribution >= 4 is 23.7 Å². The number of imidazole rings is 1. The fraction of sp³-hybridized carbons (Fsp3) is 0.429. The summed E-state index contributed by atoms with van der Waals surface area (Å²) in [7, 11) is 4.38. The Morgan fingerprint density at radius 1 is 1.09 bits per heavy atom. The number of carbonyl (C=O) groups is 3. The lowest BCUT2D eigenvalue weighted by atomic mass is 9.84. The Labute approximate surface area is 274 Å². The summed E-state index contributed by atoms with van der Waals surface area (Å²) >= 11 is 0. The second-order valence-corrected chi connectivity index (χ2v) is 11.4. The van der Waals surface area contributed by atoms with Crippen molar-refractivity contribution in [3.63, 3.8) is 0 Å². The Morgan fingerprint density at radius 3 is 2.47 bits per heavy atom. The number of Topliss-reactive ketones (excluding diaryl/α,β-unsaturated/α-hetero) is 1. The van der Waals surface area contributed by atoms with Crippen molar-refractivity contribution in [3.05, 3.63) is 65.2 Å². The molecule has 1 aromatic heterocycles. The number of allylic oxidation sites excluding steroid dienone is 1. The lowest BCUT2D eigenvalue weighted by Gasteiger charge is -2.24. The summed E-state index contributed by atoms with van der Waals surface area (Å²) < 4.78 is 24.1. The van der Waals surface area contributed by atoms with Gasteiger partial charge < -0.3 is 39.0 Å². The first-order valence-corrected chi connectivity index (χ1v) is 15.7. The molecule has 2 heterocycles. The number of nitrogens with zero attached hydrogens (tertiary/aromatic N) is 2. The molecule has 1 amide bonds. The van der Waals surface area contributed by atoms with E-state index in [9.17, 15) is 24.6 Å². The van der Waals surface area contributed by atoms with Gasteiger partial charge in [-0.1, -0.05) is 12.2 Å². The number of nitrogens with one attached hydrogen (secondary N) is 1. The molecule has 1 unspecified atom stereocenters. The molecule has 12 nitrogen and oxygen atoms in total. The van der Waals surface area contributed by atoms with Gasteiger partial charge in [-0.05, 0) is 61.9 Å². The Bertz CT molecular complexity index is 1560. The van der Waals surface area contributed by atoms with E-state index in [1.807, 2.05) is 4.57 Å². The van der Waals surface area contributed by atoms with Crippen molar-refractivity contribution in [3.8, 4) is 28.7 Å². The predicted molar refractivity (Wildman–Crippen MR) is 174 cm³/mol. The molecule has 0 bridgehead atoms. The summed E-state index contributed by atoms with van der Waals surface area (Å²) in [6.45, 7) is 2.52. The van der Waals surface area contributed by atoms with Crippen molar-refractivity contribution in [1.29, 1.82) is 0 Å². The highest BCUT2D eigenvalue weighted by Gasteiger charge is 2.32. The van der Waals surface area contributed by atoms with Gasteiger partial charge in [-0.15, -0.1) is 0 Å². The van der Waals surface area contributed by atoms with Crippen LogP contribution in [0, 0.1) is 0 Å². The van der Waals surface area contributed by atoms with Gasteiger partial charge in [0.2, 0.25) is 11.7 Å². The fourth-order valence-corrected chi connectivity index (χ4v) is 5.71. The van der Waals surface area contributed by atoms with Crippen LogP contribution in [-0.4, -0.2) is 71.4 Å². The van der Waals surface area contributed by atoms with Gasteiger partial charge in [0.25, 0.3) is 0 Å². The molecule has 0 radical (unpaired) electrons. The summed E-state index contributed by atoms with van der Waals surface area (Å²) in [6, 6.07) is 4.65. The van der Waals surface area contributed by atoms with E-state index in [4.69, 9.17) is 18.9 Å². The first kappa shape index (κ1) is 34.9. The van der Waals surface area contributed by atoms with E-state index in [2.05, 4.69) is 10.3 Å². The molecule has 1 aliphatic rings. The number of methoxy groups -OCH3 is 3. The number of benzene rings is 2. The number of esters is 1. The zero-order valence-electron chi connectivity index (χ0n) is 27.3. The topological polar surface area (TPSA) is 158 Å². The summed E-state index contributed by atoms with van der Waals surface area (Å²) in [5, 5.41) is 26.2. The van der Waals surface area contributed by atoms with Crippen LogP contribution >= 0.6 is 0 Å². The van der Waals surface area contributed by atoms with Crippen LogP contribution in [0.1, 0.15) is 84.8 Å². The number of rotatable bonds is 10. The number of phenolic OH excluding ortho intramolecular Hbond substituents is 2. The fourth-order valence-electron chi connectivity index (χ4n) is 5.71. The van der Waals surface area contributed by atoms with E-state index in [1.165, 1.54) is 27.4 Å². The minimum Gasteiger partial charge on any atom is -0.507 e. The molecule has 4 rings (SSSR count). The third kappa shape index (κ3) is 8.84. The Balaban J connectivity index is 1.81. The van der Waals surface area contributed by atoms with Gasteiger partial charge in [0.1, 0.15) is 22.8 Å². The maximum Gasteiger partial charge on any atom is 0.342 e. The number of ether oxygens (including phenoxy) is 4. The van der Waals surface area contributed by atoms with E-state index in [0.717, 1.165) is 0 Å². The molecule has 1 aliphatic heterocycles. The maximum atomic E-state index is 13.6. The molecule has 12 heteroatoms. The van der Waals surface area contributed by atoms with Crippen LogP contribution in [0.5, 0.6) is 28.7 Å². The van der Waals surface area contributed by atoms with Gasteiger partial charge in [-0.3, -0.25) is 9.59 Å². The highest BCUT2D eigenvalue weighted by molar-refractivity contribution is 5.98. The van der Waals surface area contributed by atoms with E-state index < -0.39 is 23.7 Å². The number of carbonyl (C=O) groups excluding carboxylic acids is 3. The number of aromatic nitrogens is 2. The number of hydrogen-bond acceptors (Lipinski definition) is 10. The highest BCUT2D eigenvalue weighted by atomic mass is 16.5. The number of phenols is 2. The van der Waals surface area contributed by atoms with E-state index in [-0.39, 0.29) is 40.6 Å². The van der Waals surface area contributed by atoms with E-state index in [0.29, 0.717) is 74.4 Å². The summed E-state index contributed by atoms with van der Waals surface area (Å²) in [5.41, 5.74) is 0.537. The number of hydrogen-bond donors (Lipinski definition) is 3. The van der Waals surface area contributed by atoms with Gasteiger partial charge >= 0.3 is 5.97 Å². The summed E-state index contributed by atoms with van der Waals surface area (Å²) in [6.07, 6.45) is 10.8. The van der Waals surface area contributed by atoms with Crippen molar-refractivity contribution < 1.29 is 43.5 Å². The molecule has 0 fully saturated rings. The van der Waals surface area contributed by atoms with E-state index in [1.54, 1.807) is 49.9 Å². The molecule has 3 N–H and O–H groups in total. The molecule has 2 atom stereocenters. The Kier molecular flexibility index (Phi) is 12.3. The molecule has 3 aromatic rings. The zero-order valence-corrected chi connectivity index (χ0v) is 27.3. The van der Waals surface area contributed by atoms with Gasteiger partial charge in [-0.2, -0.15) is 0 Å². The first-order chi connectivity index (χ1) is 22.7. The smallest absolute Gasteiger partial charge is 0.342 e. The lowest BCUT2D eigenvalue weighted by molar-refractivity contribution is -0.121. The first-order valence-electron chi connectivity index (χ1n) is 15.7. The van der Waals surface area contributed by atoms with Gasteiger partial charge in [0.15, 0.2) is 11.5 Å². The average Bonchev–Trinajstić information content (AvgIpc) is 3.56. The van der Waals surface area contributed by atoms with Crippen molar-refractivity contribution in [2.24, 2.45) is 0 Å². The van der Waals surface area contributed by atoms with Crippen LogP contribution in [0.15, 0.2) is 43.0 Å². The number of aromatic hydroxyl groups is 2. The summed E-state index contributed by atoms with van der Waals surface area (Å²) in [4.78, 5) is 43.2. The summed E-state index contributed by atoms with van der Waals surface area (Å²) in [5.74, 6) is -1.85. The second kappa shape index (κ2) is 16.5. The Morgan fingerprint density at radius 2 is 1.81 bits per heavy atom. The molecule has 252 valence electrons. The van der Waals surface area contributed by atoms with Gasteiger partial charge in [0, 0.05) is 56.2 Å². The number of ketones is 1. The van der Waals surface area contributed by atoms with Crippen molar-refractivity contribution in [1.82, 2.24) is 14.9 Å². The normalized spacial score (nSPS) is 17.1. The lowest BCUT2D eigenvalue weighted by Crippen LogP contribution is -2.28. The third-order valence-corrected chi connectivity index (χ3v) is 8.13. The molecule has 0 spiro atoms. The van der Waals surface area contributed by atoms with Crippen molar-refractivity contribution in [2.45, 2.75) is 70.4 Å². The van der Waals surface area contributed by atoms with Crippen LogP contribution in [0.25, 0.3) is 6.08 Å². The largest absolute Gasteiger partial charge is 0.507 e. The number of fused-ring (bicyclic) bond motifs is 1. The second-order valence-electron chi connectivity index (χ2n) is 11.4. The van der Waals surface area contributed by atoms with Crippen LogP contribution in [0.3, 0.4) is 0 Å². The SMILES string of the molecule is COc1cc(C(CC(=O)NCCn2ccnc2)c2c(O)cc3c(c2O)C(=O)O[C@@H](C)CCCC(=O)CCC/C=C/3)cc(OC)c1OC. The molecular weight excluding hydrogens is 606 g/mol. The molecule has 0 aliphatic carbocycles. The van der Waals surface area contributed by atoms with Gasteiger partial charge in [0.05, 0.1) is 33.8 Å². The monoisotopic (exact) mass is 649 g/mol. The van der Waals surface area contributed by atoms with Crippen LogP contribution in [0.2, 0.25) is 0 Å². The third-order valence-electron chi connectivity index (χ3n) is 8.13. The molecule has 2 aromatic carbocycles. The standard InChI is InChI=1S/C35H43N3O9/c1-22-9-8-12-25(39)11-7-5-6-10-23-17-27(40)32(33(42)31(23)35(43)47-22)26(20-30(41)37-14-16-38-15-13-36-21-38)24-18-28(44-2)34(46-4)29(19-24)45-3/h6,10,13,15,17-19,21-22,26,40,42H,5,7-9,11-12,14,16,20H2,1-4H3,(H,37,41)/b10-6+/t22-,26?/m0/s1. The minimum atomic E-state index is -0.962. The van der Waals surface area contributed by atoms with E-state index >= 15 is 0 Å². The van der Waals surface area contributed by atoms with Crippen molar-refractivity contribution in [2.75, 3.05) is 27.9 Å². The zero-order chi connectivity index (χ0) is 33.9. The molecule has 0 saturated carbocycles. The average molecular weight is 650 g/mol. The molecule has 47 heavy (non-hydrogen) atoms. The van der Waals surface area contributed by atoms with Crippen LogP contribution < -0.4 is 19.5 Å². The quantitative estimate of drug-likeness (QED) is 0.251.